The van der Waals surface area contributed by atoms with Crippen LogP contribution in [0.4, 0.5) is 0 Å². The van der Waals surface area contributed by atoms with Gasteiger partial charge in [-0.1, -0.05) is 23.7 Å². The largest absolute Gasteiger partial charge is 0.333 e. The number of hydrogen-bond acceptors (Lipinski definition) is 2. The number of fused-ring (bicyclic) bond motifs is 1. The average molecular weight is 327 g/mol. The van der Waals surface area contributed by atoms with Crippen molar-refractivity contribution < 1.29 is 0 Å². The molecule has 0 saturated heterocycles. The lowest BCUT2D eigenvalue weighted by atomic mass is 10.0. The summed E-state index contributed by atoms with van der Waals surface area (Å²) in [6.45, 7) is 2.01. The number of aryl methyl sites for hydroxylation is 1. The Kier molecular flexibility index (Phi) is 3.16. The van der Waals surface area contributed by atoms with Gasteiger partial charge in [-0.25, -0.2) is 4.79 Å². The zero-order chi connectivity index (χ0) is 16.1. The molecule has 1 heterocycles. The van der Waals surface area contributed by atoms with E-state index in [0.717, 1.165) is 18.4 Å². The van der Waals surface area contributed by atoms with Gasteiger partial charge in [0.2, 0.25) is 0 Å². The SMILES string of the molecule is Cc1cc2c(=O)[nH]c(=O)n(-c3ccccc3Cl)c2cc1C1CC1. The van der Waals surface area contributed by atoms with Crippen molar-refractivity contribution in [3.05, 3.63) is 73.4 Å². The molecule has 2 aromatic carbocycles. The third-order valence-corrected chi connectivity index (χ3v) is 4.72. The molecule has 0 unspecified atom stereocenters. The Hall–Kier alpha value is -2.33. The van der Waals surface area contributed by atoms with Gasteiger partial charge in [0.05, 0.1) is 21.6 Å². The van der Waals surface area contributed by atoms with E-state index in [1.165, 1.54) is 10.1 Å². The summed E-state index contributed by atoms with van der Waals surface area (Å²) < 4.78 is 1.49. The normalized spacial score (nSPS) is 14.3. The molecule has 3 aromatic rings. The number of hydrogen-bond donors (Lipinski definition) is 1. The first-order valence-corrected chi connectivity index (χ1v) is 7.98. The summed E-state index contributed by atoms with van der Waals surface area (Å²) in [6, 6.07) is 11.0. The van der Waals surface area contributed by atoms with Crippen molar-refractivity contribution in [1.29, 1.82) is 0 Å². The summed E-state index contributed by atoms with van der Waals surface area (Å²) in [5.41, 5.74) is 2.66. The number of nitrogens with zero attached hydrogens (tertiary/aromatic N) is 1. The summed E-state index contributed by atoms with van der Waals surface area (Å²) in [6.07, 6.45) is 2.32. The molecule has 5 heteroatoms. The second-order valence-electron chi connectivity index (χ2n) is 6.05. The highest BCUT2D eigenvalue weighted by Gasteiger charge is 2.26. The quantitative estimate of drug-likeness (QED) is 0.783. The van der Waals surface area contributed by atoms with Gasteiger partial charge in [-0.05, 0) is 61.1 Å². The van der Waals surface area contributed by atoms with E-state index in [2.05, 4.69) is 4.98 Å². The van der Waals surface area contributed by atoms with E-state index in [4.69, 9.17) is 11.6 Å². The third kappa shape index (κ3) is 2.30. The fourth-order valence-electron chi connectivity index (χ4n) is 3.12. The van der Waals surface area contributed by atoms with Crippen LogP contribution < -0.4 is 11.2 Å². The van der Waals surface area contributed by atoms with Crippen LogP contribution in [0.15, 0.2) is 46.0 Å². The van der Waals surface area contributed by atoms with Crippen molar-refractivity contribution in [1.82, 2.24) is 9.55 Å². The zero-order valence-corrected chi connectivity index (χ0v) is 13.4. The lowest BCUT2D eigenvalue weighted by molar-refractivity contribution is 0.938. The molecule has 0 spiro atoms. The predicted molar refractivity (Wildman–Crippen MR) is 91.9 cm³/mol. The van der Waals surface area contributed by atoms with Gasteiger partial charge in [0.15, 0.2) is 0 Å². The maximum Gasteiger partial charge on any atom is 0.333 e. The van der Waals surface area contributed by atoms with Crippen molar-refractivity contribution in [2.75, 3.05) is 0 Å². The van der Waals surface area contributed by atoms with Crippen LogP contribution in [0.5, 0.6) is 0 Å². The van der Waals surface area contributed by atoms with Crippen LogP contribution >= 0.6 is 11.6 Å². The van der Waals surface area contributed by atoms with E-state index in [1.54, 1.807) is 12.1 Å². The van der Waals surface area contributed by atoms with Crippen LogP contribution in [0.25, 0.3) is 16.6 Å². The summed E-state index contributed by atoms with van der Waals surface area (Å²) >= 11 is 6.27. The number of aromatic amines is 1. The highest BCUT2D eigenvalue weighted by Crippen LogP contribution is 2.42. The number of aromatic nitrogens is 2. The molecule has 23 heavy (non-hydrogen) atoms. The number of nitrogens with one attached hydrogen (secondary N) is 1. The fraction of sp³-hybridized carbons (Fsp3) is 0.222. The second kappa shape index (κ2) is 5.10. The Bertz CT molecular complexity index is 1050. The fourth-order valence-corrected chi connectivity index (χ4v) is 3.34. The topological polar surface area (TPSA) is 54.9 Å². The summed E-state index contributed by atoms with van der Waals surface area (Å²) in [5, 5.41) is 0.975. The van der Waals surface area contributed by atoms with Crippen molar-refractivity contribution in [2.45, 2.75) is 25.7 Å². The minimum atomic E-state index is -0.471. The number of halogens is 1. The van der Waals surface area contributed by atoms with Gasteiger partial charge in [0.25, 0.3) is 5.56 Å². The summed E-state index contributed by atoms with van der Waals surface area (Å²) in [4.78, 5) is 27.0. The van der Waals surface area contributed by atoms with Gasteiger partial charge in [-0.3, -0.25) is 14.3 Å². The molecule has 1 aliphatic rings. The molecule has 0 bridgehead atoms. The standard InChI is InChI=1S/C18H15ClN2O2/c1-10-8-13-16(9-12(10)11-6-7-11)21(18(23)20-17(13)22)15-5-3-2-4-14(15)19/h2-5,8-9,11H,6-7H2,1H3,(H,20,22,23). The van der Waals surface area contributed by atoms with Crippen LogP contribution in [0.3, 0.4) is 0 Å². The predicted octanol–water partition coefficient (Wildman–Crippen LogP) is 3.52. The van der Waals surface area contributed by atoms with E-state index in [-0.39, 0.29) is 5.56 Å². The van der Waals surface area contributed by atoms with Crippen molar-refractivity contribution >= 4 is 22.5 Å². The van der Waals surface area contributed by atoms with Crippen LogP contribution in [0.1, 0.15) is 29.9 Å². The molecule has 4 nitrogen and oxygen atoms in total. The van der Waals surface area contributed by atoms with Crippen LogP contribution in [0.2, 0.25) is 5.02 Å². The Balaban J connectivity index is 2.15. The first kappa shape index (κ1) is 14.3. The Morgan fingerprint density at radius 1 is 1.17 bits per heavy atom. The first-order valence-electron chi connectivity index (χ1n) is 7.61. The van der Waals surface area contributed by atoms with Gasteiger partial charge >= 0.3 is 5.69 Å². The van der Waals surface area contributed by atoms with Crippen LogP contribution in [0, 0.1) is 6.92 Å². The summed E-state index contributed by atoms with van der Waals surface area (Å²) in [7, 11) is 0. The van der Waals surface area contributed by atoms with Crippen LogP contribution in [-0.4, -0.2) is 9.55 Å². The van der Waals surface area contributed by atoms with E-state index < -0.39 is 5.69 Å². The molecule has 116 valence electrons. The highest BCUT2D eigenvalue weighted by atomic mass is 35.5. The van der Waals surface area contributed by atoms with Crippen LogP contribution in [-0.2, 0) is 0 Å². The van der Waals surface area contributed by atoms with Crippen molar-refractivity contribution in [3.63, 3.8) is 0 Å². The van der Waals surface area contributed by atoms with Gasteiger partial charge in [0, 0.05) is 0 Å². The zero-order valence-electron chi connectivity index (χ0n) is 12.6. The van der Waals surface area contributed by atoms with Gasteiger partial charge in [0.1, 0.15) is 0 Å². The second-order valence-corrected chi connectivity index (χ2v) is 6.45. The lowest BCUT2D eigenvalue weighted by Crippen LogP contribution is -2.29. The maximum absolute atomic E-state index is 12.4. The molecule has 4 rings (SSSR count). The first-order chi connectivity index (χ1) is 11.1. The summed E-state index contributed by atoms with van der Waals surface area (Å²) in [5.74, 6) is 0.536. The van der Waals surface area contributed by atoms with Gasteiger partial charge in [-0.2, -0.15) is 0 Å². The van der Waals surface area contributed by atoms with Gasteiger partial charge < -0.3 is 0 Å². The molecule has 1 aromatic heterocycles. The molecule has 0 amide bonds. The molecule has 0 radical (unpaired) electrons. The molecule has 1 fully saturated rings. The molecule has 1 N–H and O–H groups in total. The van der Waals surface area contributed by atoms with E-state index in [0.29, 0.717) is 27.5 Å². The Morgan fingerprint density at radius 2 is 1.91 bits per heavy atom. The minimum Gasteiger partial charge on any atom is -0.273 e. The Labute approximate surface area is 137 Å². The Morgan fingerprint density at radius 3 is 2.61 bits per heavy atom. The number of benzene rings is 2. The smallest absolute Gasteiger partial charge is 0.273 e. The number of rotatable bonds is 2. The van der Waals surface area contributed by atoms with E-state index in [9.17, 15) is 9.59 Å². The molecule has 0 aliphatic heterocycles. The number of H-pyrrole nitrogens is 1. The monoisotopic (exact) mass is 326 g/mol. The molecule has 1 aliphatic carbocycles. The highest BCUT2D eigenvalue weighted by molar-refractivity contribution is 6.32. The molecular formula is C18H15ClN2O2. The number of para-hydroxylation sites is 1. The van der Waals surface area contributed by atoms with Crippen molar-refractivity contribution in [3.8, 4) is 5.69 Å². The minimum absolute atomic E-state index is 0.362. The molecule has 1 saturated carbocycles. The maximum atomic E-state index is 12.4. The average Bonchev–Trinajstić information content (AvgIpc) is 3.34. The third-order valence-electron chi connectivity index (χ3n) is 4.40. The molecular weight excluding hydrogens is 312 g/mol. The lowest BCUT2D eigenvalue weighted by Gasteiger charge is -2.13. The molecule has 0 atom stereocenters. The van der Waals surface area contributed by atoms with Crippen molar-refractivity contribution in [2.24, 2.45) is 0 Å². The van der Waals surface area contributed by atoms with E-state index in [1.807, 2.05) is 31.2 Å². The van der Waals surface area contributed by atoms with Gasteiger partial charge in [-0.15, -0.1) is 0 Å². The van der Waals surface area contributed by atoms with E-state index >= 15 is 0 Å².